The summed E-state index contributed by atoms with van der Waals surface area (Å²) in [5.74, 6) is 1.62. The van der Waals surface area contributed by atoms with Gasteiger partial charge in [0.25, 0.3) is 5.82 Å². The number of rotatable bonds is 36. The SMILES string of the molecule is CCCCCCCCCCCCCCCCCc1n(CCCCCCCC)cc[n+]1CCCCCCCCCCCCCC. The summed E-state index contributed by atoms with van der Waals surface area (Å²) in [6.45, 7) is 9.40. The smallest absolute Gasteiger partial charge is 0.234 e. The molecule has 0 unspecified atom stereocenters. The highest BCUT2D eigenvalue weighted by atomic mass is 15.1. The van der Waals surface area contributed by atoms with Crippen LogP contribution in [0.25, 0.3) is 0 Å². The van der Waals surface area contributed by atoms with E-state index in [1.807, 2.05) is 0 Å². The van der Waals surface area contributed by atoms with Crippen LogP contribution in [-0.4, -0.2) is 4.57 Å². The first kappa shape index (κ1) is 41.2. The van der Waals surface area contributed by atoms with Crippen LogP contribution < -0.4 is 4.57 Å². The van der Waals surface area contributed by atoms with Crippen LogP contribution in [0.3, 0.4) is 0 Å². The summed E-state index contributed by atoms with van der Waals surface area (Å²) in [7, 11) is 0. The standard InChI is InChI=1S/C42H83N2/c1-4-7-10-13-16-18-20-22-23-24-25-27-29-31-34-37-42-43(38-35-32-15-12-9-6-3)40-41-44(42)39-36-33-30-28-26-21-19-17-14-11-8-5-2/h40-41H,4-39H2,1-3H3/q+1. The molecule has 0 bridgehead atoms. The zero-order valence-corrected chi connectivity index (χ0v) is 31.0. The Balaban J connectivity index is 2.22. The number of aryl methyl sites for hydroxylation is 2. The molecule has 0 radical (unpaired) electrons. The number of aromatic nitrogens is 2. The van der Waals surface area contributed by atoms with Crippen molar-refractivity contribution in [3.8, 4) is 0 Å². The van der Waals surface area contributed by atoms with Crippen LogP contribution in [-0.2, 0) is 19.5 Å². The van der Waals surface area contributed by atoms with Crippen LogP contribution in [0.1, 0.15) is 238 Å². The third-order valence-corrected chi connectivity index (χ3v) is 10.1. The molecule has 1 aromatic rings. The van der Waals surface area contributed by atoms with Crippen molar-refractivity contribution in [3.63, 3.8) is 0 Å². The minimum Gasteiger partial charge on any atom is -0.234 e. The molecule has 0 aliphatic heterocycles. The van der Waals surface area contributed by atoms with Gasteiger partial charge in [-0.3, -0.25) is 0 Å². The average Bonchev–Trinajstić information content (AvgIpc) is 3.42. The Kier molecular flexibility index (Phi) is 31.5. The maximum absolute atomic E-state index is 2.64. The van der Waals surface area contributed by atoms with Crippen molar-refractivity contribution in [2.45, 2.75) is 252 Å². The third-order valence-electron chi connectivity index (χ3n) is 10.1. The normalized spacial score (nSPS) is 11.6. The molecule has 0 amide bonds. The number of imidazole rings is 1. The van der Waals surface area contributed by atoms with Gasteiger partial charge in [0.15, 0.2) is 0 Å². The van der Waals surface area contributed by atoms with Crippen molar-refractivity contribution < 1.29 is 4.57 Å². The van der Waals surface area contributed by atoms with Gasteiger partial charge in [-0.1, -0.05) is 201 Å². The monoisotopic (exact) mass is 616 g/mol. The lowest BCUT2D eigenvalue weighted by molar-refractivity contribution is -0.704. The Bertz CT molecular complexity index is 677. The van der Waals surface area contributed by atoms with E-state index >= 15 is 0 Å². The molecule has 0 saturated heterocycles. The number of unbranched alkanes of at least 4 members (excludes halogenated alkanes) is 30. The fourth-order valence-electron chi connectivity index (χ4n) is 7.03. The van der Waals surface area contributed by atoms with Gasteiger partial charge in [-0.25, -0.2) is 9.13 Å². The van der Waals surface area contributed by atoms with Crippen LogP contribution in [0.5, 0.6) is 0 Å². The number of hydrogen-bond donors (Lipinski definition) is 0. The summed E-state index contributed by atoms with van der Waals surface area (Å²) in [6.07, 6.45) is 53.4. The summed E-state index contributed by atoms with van der Waals surface area (Å²) < 4.78 is 5.27. The fourth-order valence-corrected chi connectivity index (χ4v) is 7.03. The van der Waals surface area contributed by atoms with E-state index in [0.717, 1.165) is 0 Å². The molecule has 44 heavy (non-hydrogen) atoms. The van der Waals surface area contributed by atoms with Crippen molar-refractivity contribution in [2.24, 2.45) is 0 Å². The van der Waals surface area contributed by atoms with Crippen molar-refractivity contribution in [1.29, 1.82) is 0 Å². The molecule has 2 nitrogen and oxygen atoms in total. The van der Waals surface area contributed by atoms with E-state index in [-0.39, 0.29) is 0 Å². The van der Waals surface area contributed by atoms with Gasteiger partial charge in [-0.2, -0.15) is 0 Å². The van der Waals surface area contributed by atoms with E-state index in [1.165, 1.54) is 231 Å². The summed E-state index contributed by atoms with van der Waals surface area (Å²) in [5.41, 5.74) is 0. The van der Waals surface area contributed by atoms with E-state index in [2.05, 4.69) is 42.3 Å². The van der Waals surface area contributed by atoms with Crippen LogP contribution in [0.4, 0.5) is 0 Å². The lowest BCUT2D eigenvalue weighted by atomic mass is 10.0. The first-order valence-electron chi connectivity index (χ1n) is 20.9. The Morgan fingerprint density at radius 1 is 0.386 bits per heavy atom. The molecule has 1 rings (SSSR count). The van der Waals surface area contributed by atoms with Crippen LogP contribution in [0.2, 0.25) is 0 Å². The molecule has 1 heterocycles. The van der Waals surface area contributed by atoms with E-state index in [1.54, 1.807) is 5.82 Å². The Morgan fingerprint density at radius 2 is 0.705 bits per heavy atom. The molecular weight excluding hydrogens is 532 g/mol. The molecule has 260 valence electrons. The van der Waals surface area contributed by atoms with Gasteiger partial charge in [-0.15, -0.1) is 0 Å². The van der Waals surface area contributed by atoms with Gasteiger partial charge in [-0.05, 0) is 32.1 Å². The highest BCUT2D eigenvalue weighted by Gasteiger charge is 2.16. The average molecular weight is 616 g/mol. The number of nitrogens with zero attached hydrogens (tertiary/aromatic N) is 2. The van der Waals surface area contributed by atoms with E-state index in [0.29, 0.717) is 0 Å². The summed E-state index contributed by atoms with van der Waals surface area (Å²) in [6, 6.07) is 0. The molecular formula is C42H83N2+. The summed E-state index contributed by atoms with van der Waals surface area (Å²) in [4.78, 5) is 0. The number of hydrogen-bond acceptors (Lipinski definition) is 0. The maximum atomic E-state index is 2.64. The molecule has 2 heteroatoms. The van der Waals surface area contributed by atoms with E-state index < -0.39 is 0 Å². The molecule has 0 aliphatic rings. The lowest BCUT2D eigenvalue weighted by Gasteiger charge is -2.07. The van der Waals surface area contributed by atoms with Crippen molar-refractivity contribution in [2.75, 3.05) is 0 Å². The first-order valence-corrected chi connectivity index (χ1v) is 20.9. The molecule has 0 spiro atoms. The predicted octanol–water partition coefficient (Wildman–Crippen LogP) is 14.3. The molecule has 0 atom stereocenters. The fraction of sp³-hybridized carbons (Fsp3) is 0.929. The summed E-state index contributed by atoms with van der Waals surface area (Å²) in [5, 5.41) is 0. The van der Waals surface area contributed by atoms with Crippen LogP contribution >= 0.6 is 0 Å². The molecule has 0 aliphatic carbocycles. The van der Waals surface area contributed by atoms with Gasteiger partial charge < -0.3 is 0 Å². The Labute approximate surface area is 279 Å². The van der Waals surface area contributed by atoms with Crippen molar-refractivity contribution in [1.82, 2.24) is 4.57 Å². The van der Waals surface area contributed by atoms with Crippen molar-refractivity contribution >= 4 is 0 Å². The first-order chi connectivity index (χ1) is 21.8. The minimum atomic E-state index is 1.23. The largest absolute Gasteiger partial charge is 0.256 e. The van der Waals surface area contributed by atoms with Crippen LogP contribution in [0.15, 0.2) is 12.4 Å². The Morgan fingerprint density at radius 3 is 1.09 bits per heavy atom. The topological polar surface area (TPSA) is 8.81 Å². The van der Waals surface area contributed by atoms with Gasteiger partial charge in [0, 0.05) is 6.42 Å². The minimum absolute atomic E-state index is 1.23. The Hall–Kier alpha value is -0.790. The third kappa shape index (κ3) is 25.4. The highest BCUT2D eigenvalue weighted by Crippen LogP contribution is 2.16. The van der Waals surface area contributed by atoms with Gasteiger partial charge in [0.2, 0.25) is 0 Å². The second-order valence-electron chi connectivity index (χ2n) is 14.5. The van der Waals surface area contributed by atoms with E-state index in [9.17, 15) is 0 Å². The summed E-state index contributed by atoms with van der Waals surface area (Å²) >= 11 is 0. The quantitative estimate of drug-likeness (QED) is 0.0524. The molecule has 0 fully saturated rings. The van der Waals surface area contributed by atoms with Crippen LogP contribution in [0, 0.1) is 0 Å². The van der Waals surface area contributed by atoms with Crippen molar-refractivity contribution in [3.05, 3.63) is 18.2 Å². The second kappa shape index (κ2) is 33.6. The molecule has 0 saturated carbocycles. The lowest BCUT2D eigenvalue weighted by Crippen LogP contribution is -2.37. The molecule has 1 aromatic heterocycles. The molecule has 0 N–H and O–H groups in total. The van der Waals surface area contributed by atoms with E-state index in [4.69, 9.17) is 0 Å². The second-order valence-corrected chi connectivity index (χ2v) is 14.5. The zero-order valence-electron chi connectivity index (χ0n) is 31.0. The van der Waals surface area contributed by atoms with Gasteiger partial charge >= 0.3 is 0 Å². The van der Waals surface area contributed by atoms with Gasteiger partial charge in [0.1, 0.15) is 12.4 Å². The van der Waals surface area contributed by atoms with Gasteiger partial charge in [0.05, 0.1) is 13.1 Å². The molecule has 0 aromatic carbocycles. The maximum Gasteiger partial charge on any atom is 0.256 e. The highest BCUT2D eigenvalue weighted by molar-refractivity contribution is 4.84. The zero-order chi connectivity index (χ0) is 31.6. The predicted molar refractivity (Wildman–Crippen MR) is 198 cm³/mol.